The Morgan fingerprint density at radius 2 is 1.72 bits per heavy atom. The van der Waals surface area contributed by atoms with Gasteiger partial charge in [-0.15, -0.1) is 0 Å². The fourth-order valence-corrected chi connectivity index (χ4v) is 4.13. The monoisotopic (exact) mass is 432 g/mol. The Kier molecular flexibility index (Phi) is 6.93. The Morgan fingerprint density at radius 1 is 1.00 bits per heavy atom. The summed E-state index contributed by atoms with van der Waals surface area (Å²) in [6, 6.07) is 18.0. The predicted octanol–water partition coefficient (Wildman–Crippen LogP) is 3.82. The third-order valence-electron chi connectivity index (χ3n) is 6.10. The number of pyridine rings is 1. The summed E-state index contributed by atoms with van der Waals surface area (Å²) >= 11 is 0. The number of ketones is 1. The number of anilines is 1. The van der Waals surface area contributed by atoms with Crippen molar-refractivity contribution in [2.75, 3.05) is 45.0 Å². The van der Waals surface area contributed by atoms with Gasteiger partial charge in [-0.05, 0) is 66.9 Å². The molecule has 0 unspecified atom stereocenters. The average molecular weight is 433 g/mol. The maximum Gasteiger partial charge on any atom is 0.176 e. The van der Waals surface area contributed by atoms with Gasteiger partial charge in [0, 0.05) is 43.9 Å². The van der Waals surface area contributed by atoms with Gasteiger partial charge in [-0.1, -0.05) is 18.2 Å². The standard InChI is InChI=1S/C26H29FN4O/c1-19-17-22(24-3-2-4-26(28)29-24)6-5-20(19)11-12-30-13-15-31(16-14-30)18-25(32)21-7-9-23(27)10-8-21/h2-10,17H,11-16,18H2,1H3,(H2,28,29). The second-order valence-electron chi connectivity index (χ2n) is 8.39. The van der Waals surface area contributed by atoms with Crippen molar-refractivity contribution in [1.29, 1.82) is 0 Å². The van der Waals surface area contributed by atoms with Gasteiger partial charge >= 0.3 is 0 Å². The van der Waals surface area contributed by atoms with Crippen LogP contribution in [0.15, 0.2) is 60.7 Å². The molecule has 2 N–H and O–H groups in total. The highest BCUT2D eigenvalue weighted by Crippen LogP contribution is 2.22. The van der Waals surface area contributed by atoms with Crippen LogP contribution in [0, 0.1) is 12.7 Å². The molecule has 1 saturated heterocycles. The molecule has 5 nitrogen and oxygen atoms in total. The average Bonchev–Trinajstić information content (AvgIpc) is 2.79. The number of piperazine rings is 1. The lowest BCUT2D eigenvalue weighted by atomic mass is 10.0. The molecule has 0 bridgehead atoms. The molecule has 0 saturated carbocycles. The molecule has 1 fully saturated rings. The first-order chi connectivity index (χ1) is 15.5. The number of nitrogens with zero attached hydrogens (tertiary/aromatic N) is 3. The number of hydrogen-bond donors (Lipinski definition) is 1. The lowest BCUT2D eigenvalue weighted by Gasteiger charge is -2.34. The first-order valence-corrected chi connectivity index (χ1v) is 11.0. The molecule has 1 aliphatic rings. The molecule has 32 heavy (non-hydrogen) atoms. The van der Waals surface area contributed by atoms with E-state index in [4.69, 9.17) is 5.73 Å². The van der Waals surface area contributed by atoms with Crippen LogP contribution in [0.25, 0.3) is 11.3 Å². The molecule has 3 aromatic rings. The van der Waals surface area contributed by atoms with E-state index in [-0.39, 0.29) is 11.6 Å². The molecule has 0 aliphatic carbocycles. The van der Waals surface area contributed by atoms with Crippen LogP contribution in [0.5, 0.6) is 0 Å². The van der Waals surface area contributed by atoms with Gasteiger partial charge in [0.2, 0.25) is 0 Å². The molecule has 1 aromatic heterocycles. The first kappa shape index (κ1) is 22.1. The fourth-order valence-electron chi connectivity index (χ4n) is 4.13. The van der Waals surface area contributed by atoms with Crippen molar-refractivity contribution in [1.82, 2.24) is 14.8 Å². The Bertz CT molecular complexity index is 1080. The normalized spacial score (nSPS) is 15.1. The van der Waals surface area contributed by atoms with E-state index in [9.17, 15) is 9.18 Å². The van der Waals surface area contributed by atoms with Crippen molar-refractivity contribution < 1.29 is 9.18 Å². The second-order valence-corrected chi connectivity index (χ2v) is 8.39. The van der Waals surface area contributed by atoms with Crippen molar-refractivity contribution in [3.63, 3.8) is 0 Å². The molecule has 0 radical (unpaired) electrons. The zero-order chi connectivity index (χ0) is 22.5. The zero-order valence-electron chi connectivity index (χ0n) is 18.4. The van der Waals surface area contributed by atoms with Gasteiger partial charge in [-0.3, -0.25) is 9.69 Å². The number of aromatic nitrogens is 1. The molecule has 2 aromatic carbocycles. The van der Waals surface area contributed by atoms with Crippen LogP contribution in [0.3, 0.4) is 0 Å². The van der Waals surface area contributed by atoms with E-state index in [1.165, 1.54) is 23.3 Å². The van der Waals surface area contributed by atoms with E-state index < -0.39 is 0 Å². The number of rotatable bonds is 7. The van der Waals surface area contributed by atoms with Gasteiger partial charge in [0.15, 0.2) is 5.78 Å². The number of nitrogen functional groups attached to an aromatic ring is 1. The van der Waals surface area contributed by atoms with Crippen LogP contribution < -0.4 is 5.73 Å². The summed E-state index contributed by atoms with van der Waals surface area (Å²) in [5.41, 5.74) is 11.0. The highest BCUT2D eigenvalue weighted by Gasteiger charge is 2.19. The van der Waals surface area contributed by atoms with Crippen molar-refractivity contribution in [3.8, 4) is 11.3 Å². The third kappa shape index (κ3) is 5.58. The molecule has 2 heterocycles. The summed E-state index contributed by atoms with van der Waals surface area (Å²) in [6.45, 7) is 7.15. The lowest BCUT2D eigenvalue weighted by Crippen LogP contribution is -2.48. The molecule has 4 rings (SSSR count). The summed E-state index contributed by atoms with van der Waals surface area (Å²) in [7, 11) is 0. The zero-order valence-corrected chi connectivity index (χ0v) is 18.4. The summed E-state index contributed by atoms with van der Waals surface area (Å²) in [6.07, 6.45) is 0.991. The van der Waals surface area contributed by atoms with Crippen LogP contribution in [0.4, 0.5) is 10.2 Å². The summed E-state index contributed by atoms with van der Waals surface area (Å²) in [4.78, 5) is 21.5. The maximum atomic E-state index is 13.0. The first-order valence-electron chi connectivity index (χ1n) is 11.0. The molecule has 166 valence electrons. The van der Waals surface area contributed by atoms with Gasteiger partial charge < -0.3 is 10.6 Å². The van der Waals surface area contributed by atoms with Gasteiger partial charge in [0.25, 0.3) is 0 Å². The summed E-state index contributed by atoms with van der Waals surface area (Å²) in [5, 5.41) is 0. The SMILES string of the molecule is Cc1cc(-c2cccc(N)n2)ccc1CCN1CCN(CC(=O)c2ccc(F)cc2)CC1. The highest BCUT2D eigenvalue weighted by molar-refractivity contribution is 5.97. The number of Topliss-reactive ketones (excluding diaryl/α,β-unsaturated/α-hetero) is 1. The Hall–Kier alpha value is -3.09. The highest BCUT2D eigenvalue weighted by atomic mass is 19.1. The van der Waals surface area contributed by atoms with Gasteiger partial charge in [0.1, 0.15) is 11.6 Å². The van der Waals surface area contributed by atoms with Crippen molar-refractivity contribution in [2.45, 2.75) is 13.3 Å². The van der Waals surface area contributed by atoms with Crippen LogP contribution in [-0.4, -0.2) is 59.8 Å². The number of nitrogens with two attached hydrogens (primary N) is 1. The van der Waals surface area contributed by atoms with Crippen molar-refractivity contribution in [2.24, 2.45) is 0 Å². The van der Waals surface area contributed by atoms with Crippen LogP contribution in [0.1, 0.15) is 21.5 Å². The molecular weight excluding hydrogens is 403 g/mol. The molecule has 1 aliphatic heterocycles. The van der Waals surface area contributed by atoms with Crippen LogP contribution in [0.2, 0.25) is 0 Å². The molecule has 0 spiro atoms. The number of halogens is 1. The maximum absolute atomic E-state index is 13.0. The minimum Gasteiger partial charge on any atom is -0.384 e. The molecule has 0 atom stereocenters. The third-order valence-corrected chi connectivity index (χ3v) is 6.10. The minimum atomic E-state index is -0.318. The number of carbonyl (C=O) groups is 1. The number of aryl methyl sites for hydroxylation is 1. The van der Waals surface area contributed by atoms with Gasteiger partial charge in [-0.25, -0.2) is 9.37 Å². The summed E-state index contributed by atoms with van der Waals surface area (Å²) < 4.78 is 13.0. The van der Waals surface area contributed by atoms with Gasteiger partial charge in [-0.2, -0.15) is 0 Å². The van der Waals surface area contributed by atoms with Crippen molar-refractivity contribution in [3.05, 3.63) is 83.2 Å². The Labute approximate surface area is 188 Å². The second kappa shape index (κ2) is 10.0. The minimum absolute atomic E-state index is 0.0452. The van der Waals surface area contributed by atoms with Crippen LogP contribution in [-0.2, 0) is 6.42 Å². The van der Waals surface area contributed by atoms with Crippen LogP contribution >= 0.6 is 0 Å². The number of hydrogen-bond acceptors (Lipinski definition) is 5. The van der Waals surface area contributed by atoms with E-state index in [2.05, 4.69) is 39.9 Å². The smallest absolute Gasteiger partial charge is 0.176 e. The van der Waals surface area contributed by atoms with Gasteiger partial charge in [0.05, 0.1) is 12.2 Å². The molecular formula is C26H29FN4O. The topological polar surface area (TPSA) is 62.5 Å². The van der Waals surface area contributed by atoms with E-state index >= 15 is 0 Å². The Morgan fingerprint density at radius 3 is 2.41 bits per heavy atom. The quantitative estimate of drug-likeness (QED) is 0.575. The number of carbonyl (C=O) groups excluding carboxylic acids is 1. The Balaban J connectivity index is 1.26. The van der Waals surface area contributed by atoms with E-state index in [1.54, 1.807) is 18.2 Å². The summed E-state index contributed by atoms with van der Waals surface area (Å²) in [5.74, 6) is 0.257. The molecule has 6 heteroatoms. The fraction of sp³-hybridized carbons (Fsp3) is 0.308. The van der Waals surface area contributed by atoms with Crippen molar-refractivity contribution >= 4 is 11.6 Å². The predicted molar refractivity (Wildman–Crippen MR) is 126 cm³/mol. The van der Waals surface area contributed by atoms with E-state index in [0.717, 1.165) is 50.4 Å². The molecule has 0 amide bonds. The number of benzene rings is 2. The lowest BCUT2D eigenvalue weighted by molar-refractivity contribution is 0.0854. The van der Waals surface area contributed by atoms with E-state index in [0.29, 0.717) is 17.9 Å². The largest absolute Gasteiger partial charge is 0.384 e. The van der Waals surface area contributed by atoms with E-state index in [1.807, 2.05) is 12.1 Å².